The summed E-state index contributed by atoms with van der Waals surface area (Å²) in [5.41, 5.74) is 5.69. The fourth-order valence-electron chi connectivity index (χ4n) is 1.60. The van der Waals surface area contributed by atoms with Crippen LogP contribution in [0.4, 0.5) is 13.2 Å². The van der Waals surface area contributed by atoms with Gasteiger partial charge in [-0.1, -0.05) is 20.8 Å². The molecule has 1 amide bonds. The summed E-state index contributed by atoms with van der Waals surface area (Å²) in [6, 6.07) is -0.404. The Morgan fingerprint density at radius 1 is 1.29 bits per heavy atom. The SMILES string of the molecule is CN(CC(F)(F)F)C(=O)CC(N)CC(C)(C)C. The monoisotopic (exact) mass is 254 g/mol. The van der Waals surface area contributed by atoms with Gasteiger partial charge in [-0.3, -0.25) is 4.79 Å². The third-order valence-electron chi connectivity index (χ3n) is 2.15. The fraction of sp³-hybridized carbons (Fsp3) is 0.909. The molecular formula is C11H21F3N2O. The normalized spacial score (nSPS) is 14.6. The van der Waals surface area contributed by atoms with E-state index in [-0.39, 0.29) is 11.8 Å². The first-order valence-corrected chi connectivity index (χ1v) is 5.47. The standard InChI is InChI=1S/C11H21F3N2O/c1-10(2,3)6-8(15)5-9(17)16(4)7-11(12,13)14/h8H,5-7,15H2,1-4H3. The maximum atomic E-state index is 12.0. The van der Waals surface area contributed by atoms with E-state index in [2.05, 4.69) is 0 Å². The summed E-state index contributed by atoms with van der Waals surface area (Å²) in [6.07, 6.45) is -3.82. The molecule has 1 atom stereocenters. The van der Waals surface area contributed by atoms with Crippen LogP contribution in [0.25, 0.3) is 0 Å². The van der Waals surface area contributed by atoms with Gasteiger partial charge in [0, 0.05) is 19.5 Å². The second kappa shape index (κ2) is 5.71. The van der Waals surface area contributed by atoms with Crippen molar-refractivity contribution in [1.82, 2.24) is 4.90 Å². The van der Waals surface area contributed by atoms with Crippen LogP contribution in [0.5, 0.6) is 0 Å². The van der Waals surface area contributed by atoms with Gasteiger partial charge < -0.3 is 10.6 Å². The quantitative estimate of drug-likeness (QED) is 0.835. The predicted octanol–water partition coefficient (Wildman–Crippen LogP) is 2.16. The molecule has 0 spiro atoms. The zero-order valence-corrected chi connectivity index (χ0v) is 10.8. The maximum absolute atomic E-state index is 12.0. The smallest absolute Gasteiger partial charge is 0.337 e. The predicted molar refractivity (Wildman–Crippen MR) is 60.4 cm³/mol. The first-order valence-electron chi connectivity index (χ1n) is 5.47. The highest BCUT2D eigenvalue weighted by molar-refractivity contribution is 5.76. The zero-order valence-electron chi connectivity index (χ0n) is 10.8. The van der Waals surface area contributed by atoms with Crippen molar-refractivity contribution in [1.29, 1.82) is 0 Å². The Kier molecular flexibility index (Phi) is 5.45. The van der Waals surface area contributed by atoms with Gasteiger partial charge in [-0.25, -0.2) is 0 Å². The largest absolute Gasteiger partial charge is 0.406 e. The molecule has 0 fully saturated rings. The highest BCUT2D eigenvalue weighted by Crippen LogP contribution is 2.22. The van der Waals surface area contributed by atoms with Crippen molar-refractivity contribution in [2.24, 2.45) is 11.1 Å². The van der Waals surface area contributed by atoms with Crippen LogP contribution in [-0.2, 0) is 4.79 Å². The van der Waals surface area contributed by atoms with Gasteiger partial charge >= 0.3 is 6.18 Å². The molecule has 0 aliphatic rings. The Balaban J connectivity index is 4.17. The Morgan fingerprint density at radius 2 is 1.76 bits per heavy atom. The maximum Gasteiger partial charge on any atom is 0.406 e. The summed E-state index contributed by atoms with van der Waals surface area (Å²) in [5.74, 6) is -0.570. The van der Waals surface area contributed by atoms with Gasteiger partial charge in [0.2, 0.25) is 5.91 Å². The molecule has 0 aliphatic heterocycles. The van der Waals surface area contributed by atoms with E-state index in [1.54, 1.807) is 0 Å². The number of hydrogen-bond donors (Lipinski definition) is 1. The average Bonchev–Trinajstić information content (AvgIpc) is 1.95. The minimum Gasteiger partial charge on any atom is -0.337 e. The lowest BCUT2D eigenvalue weighted by Gasteiger charge is -2.25. The van der Waals surface area contributed by atoms with E-state index in [9.17, 15) is 18.0 Å². The lowest BCUT2D eigenvalue weighted by atomic mass is 9.87. The second-order valence-corrected chi connectivity index (χ2v) is 5.59. The van der Waals surface area contributed by atoms with E-state index >= 15 is 0 Å². The number of hydrogen-bond acceptors (Lipinski definition) is 2. The first-order chi connectivity index (χ1) is 7.41. The average molecular weight is 254 g/mol. The van der Waals surface area contributed by atoms with Crippen molar-refractivity contribution in [2.75, 3.05) is 13.6 Å². The van der Waals surface area contributed by atoms with Crippen LogP contribution in [0.2, 0.25) is 0 Å². The van der Waals surface area contributed by atoms with Crippen molar-refractivity contribution in [3.8, 4) is 0 Å². The van der Waals surface area contributed by atoms with Gasteiger partial charge in [-0.2, -0.15) is 13.2 Å². The van der Waals surface area contributed by atoms with Gasteiger partial charge in [0.15, 0.2) is 0 Å². The van der Waals surface area contributed by atoms with E-state index < -0.39 is 24.7 Å². The summed E-state index contributed by atoms with van der Waals surface area (Å²) in [4.78, 5) is 12.1. The first kappa shape index (κ1) is 16.2. The molecule has 0 aromatic heterocycles. The van der Waals surface area contributed by atoms with Crippen molar-refractivity contribution in [2.45, 2.75) is 45.8 Å². The molecule has 0 saturated carbocycles. The number of nitrogens with two attached hydrogens (primary N) is 1. The second-order valence-electron chi connectivity index (χ2n) is 5.59. The molecule has 0 rings (SSSR count). The van der Waals surface area contributed by atoms with E-state index in [4.69, 9.17) is 5.73 Å². The van der Waals surface area contributed by atoms with E-state index in [1.165, 1.54) is 0 Å². The van der Waals surface area contributed by atoms with Crippen LogP contribution in [0.15, 0.2) is 0 Å². The van der Waals surface area contributed by atoms with Gasteiger partial charge in [-0.05, 0) is 11.8 Å². The molecule has 2 N–H and O–H groups in total. The summed E-state index contributed by atoms with van der Waals surface area (Å²) >= 11 is 0. The molecule has 102 valence electrons. The number of carbonyl (C=O) groups excluding carboxylic acids is 1. The summed E-state index contributed by atoms with van der Waals surface area (Å²) in [5, 5.41) is 0. The number of amides is 1. The van der Waals surface area contributed by atoms with Gasteiger partial charge in [0.25, 0.3) is 0 Å². The molecule has 0 heterocycles. The molecule has 0 bridgehead atoms. The zero-order chi connectivity index (χ0) is 13.9. The summed E-state index contributed by atoms with van der Waals surface area (Å²) in [7, 11) is 1.14. The third-order valence-corrected chi connectivity index (χ3v) is 2.15. The number of alkyl halides is 3. The highest BCUT2D eigenvalue weighted by Gasteiger charge is 2.31. The topological polar surface area (TPSA) is 46.3 Å². The molecule has 0 saturated heterocycles. The van der Waals surface area contributed by atoms with Crippen LogP contribution < -0.4 is 5.73 Å². The van der Waals surface area contributed by atoms with Crippen molar-refractivity contribution >= 4 is 5.91 Å². The molecule has 0 aromatic rings. The van der Waals surface area contributed by atoms with Crippen molar-refractivity contribution in [3.05, 3.63) is 0 Å². The number of nitrogens with zero attached hydrogens (tertiary/aromatic N) is 1. The van der Waals surface area contributed by atoms with Gasteiger partial charge in [0.1, 0.15) is 6.54 Å². The van der Waals surface area contributed by atoms with E-state index in [0.29, 0.717) is 11.3 Å². The molecular weight excluding hydrogens is 233 g/mol. The Bertz CT molecular complexity index is 258. The van der Waals surface area contributed by atoms with Crippen molar-refractivity contribution in [3.63, 3.8) is 0 Å². The summed E-state index contributed by atoms with van der Waals surface area (Å²) < 4.78 is 36.1. The molecule has 3 nitrogen and oxygen atoms in total. The molecule has 1 unspecified atom stereocenters. The third kappa shape index (κ3) is 8.97. The van der Waals surface area contributed by atoms with Crippen LogP contribution in [-0.4, -0.2) is 36.6 Å². The van der Waals surface area contributed by atoms with Crippen LogP contribution in [0.1, 0.15) is 33.6 Å². The van der Waals surface area contributed by atoms with Gasteiger partial charge in [-0.15, -0.1) is 0 Å². The fourth-order valence-corrected chi connectivity index (χ4v) is 1.60. The molecule has 6 heteroatoms. The minimum absolute atomic E-state index is 0.0394. The molecule has 17 heavy (non-hydrogen) atoms. The van der Waals surface area contributed by atoms with E-state index in [1.807, 2.05) is 20.8 Å². The number of carbonyl (C=O) groups is 1. The Hall–Kier alpha value is -0.780. The number of halogens is 3. The minimum atomic E-state index is -4.36. The Labute approximate surface area is 100 Å². The number of rotatable bonds is 4. The van der Waals surface area contributed by atoms with Gasteiger partial charge in [0.05, 0.1) is 0 Å². The lowest BCUT2D eigenvalue weighted by molar-refractivity contribution is -0.158. The van der Waals surface area contributed by atoms with E-state index in [0.717, 1.165) is 7.05 Å². The summed E-state index contributed by atoms with van der Waals surface area (Å²) in [6.45, 7) is 4.68. The molecule has 0 aliphatic carbocycles. The molecule has 0 aromatic carbocycles. The highest BCUT2D eigenvalue weighted by atomic mass is 19.4. The lowest BCUT2D eigenvalue weighted by Crippen LogP contribution is -2.39. The van der Waals surface area contributed by atoms with Crippen LogP contribution >= 0.6 is 0 Å². The van der Waals surface area contributed by atoms with Crippen molar-refractivity contribution < 1.29 is 18.0 Å². The van der Waals surface area contributed by atoms with Crippen LogP contribution in [0.3, 0.4) is 0 Å². The molecule has 0 radical (unpaired) electrons. The Morgan fingerprint density at radius 3 is 2.12 bits per heavy atom. The van der Waals surface area contributed by atoms with Crippen LogP contribution in [0, 0.1) is 5.41 Å².